The van der Waals surface area contributed by atoms with Crippen LogP contribution in [0.4, 0.5) is 0 Å². The molecule has 5 heteroatoms. The Balaban J connectivity index is 2.08. The van der Waals surface area contributed by atoms with E-state index in [0.29, 0.717) is 12.1 Å². The molecule has 2 aromatic rings. The van der Waals surface area contributed by atoms with E-state index in [0.717, 1.165) is 27.1 Å². The third-order valence-corrected chi connectivity index (χ3v) is 4.04. The van der Waals surface area contributed by atoms with E-state index in [2.05, 4.69) is 39.4 Å². The van der Waals surface area contributed by atoms with Crippen LogP contribution in [0.25, 0.3) is 0 Å². The monoisotopic (exact) mass is 333 g/mol. The molecule has 4 nitrogen and oxygen atoms in total. The van der Waals surface area contributed by atoms with Crippen molar-refractivity contribution >= 4 is 15.9 Å². The first-order valence-corrected chi connectivity index (χ1v) is 7.17. The van der Waals surface area contributed by atoms with Crippen molar-refractivity contribution in [3.05, 3.63) is 50.8 Å². The standard InChI is InChI=1S/C15H16BrN3O/c1-9(15-10(2)19-20-11(15)3)18-8-13-5-4-12(7-17)6-14(13)16/h4-6,9,18H,8H2,1-3H3. The lowest BCUT2D eigenvalue weighted by atomic mass is 10.1. The van der Waals surface area contributed by atoms with Gasteiger partial charge in [0, 0.05) is 22.6 Å². The molecule has 0 saturated carbocycles. The van der Waals surface area contributed by atoms with Crippen LogP contribution in [0, 0.1) is 25.2 Å². The quantitative estimate of drug-likeness (QED) is 0.924. The van der Waals surface area contributed by atoms with Crippen LogP contribution in [-0.2, 0) is 6.54 Å². The molecule has 0 aliphatic carbocycles. The fourth-order valence-corrected chi connectivity index (χ4v) is 2.75. The summed E-state index contributed by atoms with van der Waals surface area (Å²) in [5, 5.41) is 16.3. The second kappa shape index (κ2) is 6.21. The Morgan fingerprint density at radius 3 is 2.75 bits per heavy atom. The fraction of sp³-hybridized carbons (Fsp3) is 0.333. The van der Waals surface area contributed by atoms with Crippen LogP contribution in [0.3, 0.4) is 0 Å². The van der Waals surface area contributed by atoms with E-state index in [-0.39, 0.29) is 6.04 Å². The third-order valence-electron chi connectivity index (χ3n) is 3.30. The average molecular weight is 334 g/mol. The third kappa shape index (κ3) is 3.09. The second-order valence-corrected chi connectivity index (χ2v) is 5.61. The van der Waals surface area contributed by atoms with Crippen molar-refractivity contribution in [2.75, 3.05) is 0 Å². The van der Waals surface area contributed by atoms with Gasteiger partial charge in [-0.05, 0) is 38.5 Å². The summed E-state index contributed by atoms with van der Waals surface area (Å²) in [6, 6.07) is 7.89. The number of nitrogens with zero attached hydrogens (tertiary/aromatic N) is 2. The van der Waals surface area contributed by atoms with Crippen molar-refractivity contribution in [1.29, 1.82) is 5.26 Å². The predicted molar refractivity (Wildman–Crippen MR) is 80.1 cm³/mol. The molecule has 1 heterocycles. The normalized spacial score (nSPS) is 12.2. The molecule has 0 saturated heterocycles. The van der Waals surface area contributed by atoms with E-state index in [9.17, 15) is 0 Å². The number of nitrogens with one attached hydrogen (secondary N) is 1. The summed E-state index contributed by atoms with van der Waals surface area (Å²) in [7, 11) is 0. The van der Waals surface area contributed by atoms with Gasteiger partial charge in [0.15, 0.2) is 0 Å². The number of hydrogen-bond donors (Lipinski definition) is 1. The van der Waals surface area contributed by atoms with E-state index in [1.165, 1.54) is 0 Å². The average Bonchev–Trinajstić information content (AvgIpc) is 2.76. The Hall–Kier alpha value is -1.64. The molecule has 1 aromatic carbocycles. The number of nitriles is 1. The summed E-state index contributed by atoms with van der Waals surface area (Å²) < 4.78 is 6.13. The summed E-state index contributed by atoms with van der Waals surface area (Å²) in [4.78, 5) is 0. The molecule has 0 aliphatic heterocycles. The van der Waals surface area contributed by atoms with Crippen molar-refractivity contribution < 1.29 is 4.52 Å². The number of aryl methyl sites for hydroxylation is 2. The molecule has 0 amide bonds. The maximum Gasteiger partial charge on any atom is 0.138 e. The van der Waals surface area contributed by atoms with E-state index in [1.807, 2.05) is 32.0 Å². The number of benzene rings is 1. The van der Waals surface area contributed by atoms with Gasteiger partial charge in [-0.1, -0.05) is 27.2 Å². The molecule has 0 aliphatic rings. The summed E-state index contributed by atoms with van der Waals surface area (Å²) in [6.45, 7) is 6.66. The predicted octanol–water partition coefficient (Wildman–Crippen LogP) is 3.78. The van der Waals surface area contributed by atoms with Crippen molar-refractivity contribution in [2.45, 2.75) is 33.4 Å². The highest BCUT2D eigenvalue weighted by molar-refractivity contribution is 9.10. The zero-order valence-corrected chi connectivity index (χ0v) is 13.3. The number of hydrogen-bond acceptors (Lipinski definition) is 4. The minimum Gasteiger partial charge on any atom is -0.361 e. The first kappa shape index (κ1) is 14.8. The SMILES string of the molecule is Cc1noc(C)c1C(C)NCc1ccc(C#N)cc1Br. The molecule has 20 heavy (non-hydrogen) atoms. The molecule has 0 spiro atoms. The summed E-state index contributed by atoms with van der Waals surface area (Å²) in [5.41, 5.74) is 3.79. The van der Waals surface area contributed by atoms with Crippen LogP contribution in [0.5, 0.6) is 0 Å². The van der Waals surface area contributed by atoms with Crippen molar-refractivity contribution in [3.8, 4) is 6.07 Å². The molecule has 104 valence electrons. The van der Waals surface area contributed by atoms with Crippen LogP contribution in [0.1, 0.15) is 41.1 Å². The topological polar surface area (TPSA) is 61.9 Å². The van der Waals surface area contributed by atoms with Gasteiger partial charge >= 0.3 is 0 Å². The molecule has 0 bridgehead atoms. The first-order chi connectivity index (χ1) is 9.52. The second-order valence-electron chi connectivity index (χ2n) is 4.76. The Morgan fingerprint density at radius 2 is 2.20 bits per heavy atom. The maximum absolute atomic E-state index is 8.85. The Morgan fingerprint density at radius 1 is 1.45 bits per heavy atom. The first-order valence-electron chi connectivity index (χ1n) is 6.37. The van der Waals surface area contributed by atoms with Gasteiger partial charge in [0.1, 0.15) is 5.76 Å². The summed E-state index contributed by atoms with van der Waals surface area (Å²) >= 11 is 3.49. The highest BCUT2D eigenvalue weighted by Crippen LogP contribution is 2.23. The lowest BCUT2D eigenvalue weighted by Crippen LogP contribution is -2.19. The minimum absolute atomic E-state index is 0.156. The molecule has 1 aromatic heterocycles. The van der Waals surface area contributed by atoms with E-state index in [4.69, 9.17) is 9.78 Å². The summed E-state index contributed by atoms with van der Waals surface area (Å²) in [6.07, 6.45) is 0. The van der Waals surface area contributed by atoms with Gasteiger partial charge in [0.25, 0.3) is 0 Å². The highest BCUT2D eigenvalue weighted by atomic mass is 79.9. The van der Waals surface area contributed by atoms with E-state index >= 15 is 0 Å². The van der Waals surface area contributed by atoms with Crippen LogP contribution in [0.15, 0.2) is 27.2 Å². The zero-order valence-electron chi connectivity index (χ0n) is 11.7. The molecule has 1 N–H and O–H groups in total. The van der Waals surface area contributed by atoms with E-state index in [1.54, 1.807) is 0 Å². The largest absolute Gasteiger partial charge is 0.361 e. The lowest BCUT2D eigenvalue weighted by molar-refractivity contribution is 0.390. The summed E-state index contributed by atoms with van der Waals surface area (Å²) in [5.74, 6) is 0.849. The van der Waals surface area contributed by atoms with Gasteiger partial charge in [0.05, 0.1) is 17.3 Å². The van der Waals surface area contributed by atoms with E-state index < -0.39 is 0 Å². The number of halogens is 1. The van der Waals surface area contributed by atoms with Crippen molar-refractivity contribution in [1.82, 2.24) is 10.5 Å². The lowest BCUT2D eigenvalue weighted by Gasteiger charge is -2.14. The van der Waals surface area contributed by atoms with Crippen molar-refractivity contribution in [3.63, 3.8) is 0 Å². The van der Waals surface area contributed by atoms with Crippen LogP contribution >= 0.6 is 15.9 Å². The molecule has 0 radical (unpaired) electrons. The van der Waals surface area contributed by atoms with Gasteiger partial charge in [0.2, 0.25) is 0 Å². The number of rotatable bonds is 4. The van der Waals surface area contributed by atoms with Crippen molar-refractivity contribution in [2.24, 2.45) is 0 Å². The highest BCUT2D eigenvalue weighted by Gasteiger charge is 2.16. The maximum atomic E-state index is 8.85. The van der Waals surface area contributed by atoms with Gasteiger partial charge in [-0.3, -0.25) is 0 Å². The zero-order chi connectivity index (χ0) is 14.7. The molecular formula is C15H16BrN3O. The Bertz CT molecular complexity index is 638. The van der Waals surface area contributed by atoms with Gasteiger partial charge in [-0.15, -0.1) is 0 Å². The van der Waals surface area contributed by atoms with Crippen LogP contribution in [-0.4, -0.2) is 5.16 Å². The van der Waals surface area contributed by atoms with Gasteiger partial charge in [-0.2, -0.15) is 5.26 Å². The fourth-order valence-electron chi connectivity index (χ4n) is 2.23. The van der Waals surface area contributed by atoms with Gasteiger partial charge < -0.3 is 9.84 Å². The molecular weight excluding hydrogens is 318 g/mol. The molecule has 0 fully saturated rings. The number of aromatic nitrogens is 1. The Kier molecular flexibility index (Phi) is 4.58. The minimum atomic E-state index is 0.156. The smallest absolute Gasteiger partial charge is 0.138 e. The Labute approximate surface area is 126 Å². The van der Waals surface area contributed by atoms with Crippen LogP contribution < -0.4 is 5.32 Å². The molecule has 1 atom stereocenters. The van der Waals surface area contributed by atoms with Crippen LogP contribution in [0.2, 0.25) is 0 Å². The molecule has 1 unspecified atom stereocenters. The molecule has 2 rings (SSSR count). The van der Waals surface area contributed by atoms with Gasteiger partial charge in [-0.25, -0.2) is 0 Å².